The van der Waals surface area contributed by atoms with Crippen molar-refractivity contribution in [3.8, 4) is 67.5 Å². The van der Waals surface area contributed by atoms with Crippen LogP contribution in [-0.2, 0) is 60.3 Å². The minimum Gasteiger partial charge on any atom is -0.304 e. The molecule has 18 aromatic rings. The van der Waals surface area contributed by atoms with E-state index in [4.69, 9.17) is 27.3 Å². The summed E-state index contributed by atoms with van der Waals surface area (Å²) < 4.78 is 73.3. The van der Waals surface area contributed by atoms with E-state index in [0.29, 0.717) is 17.8 Å². The van der Waals surface area contributed by atoms with Crippen LogP contribution in [0.4, 0.5) is 0 Å². The molecule has 645 valence electrons. The summed E-state index contributed by atoms with van der Waals surface area (Å²) in [5.74, 6) is 2.14. The Morgan fingerprint density at radius 3 is 1.00 bits per heavy atom. The van der Waals surface area contributed by atoms with E-state index in [1.807, 2.05) is 88.6 Å². The number of hydrogen-bond acceptors (Lipinski definition) is 9. The van der Waals surface area contributed by atoms with E-state index in [-0.39, 0.29) is 77.0 Å². The van der Waals surface area contributed by atoms with Gasteiger partial charge in [-0.3, -0.25) is 0 Å². The average Bonchev–Trinajstić information content (AvgIpc) is 1.61. The van der Waals surface area contributed by atoms with Gasteiger partial charge in [0.15, 0.2) is 0 Å². The maximum absolute atomic E-state index is 7.23. The number of nitrogens with zero attached hydrogens (tertiary/aromatic N) is 6. The molecule has 3 aliphatic rings. The van der Waals surface area contributed by atoms with Crippen LogP contribution < -0.4 is 15.6 Å². The molecular weight excluding hydrogens is 2170 g/mol. The zero-order chi connectivity index (χ0) is 92.7. The number of aryl methyl sites for hydroxylation is 3. The Kier molecular flexibility index (Phi) is 28.3. The standard InChI is InChI=1S/3C25H26NSSi.3C12H10N.3Ir/c1-28(2,3)23-13-7-11-20-19-10-6-12-21(24(19)27-25(20)23)22-15-14-18(16-26-22)17-8-4-5-9-17;1-28(2,3)19-12-13-20-21-9-6-10-22(25(21)27-24(20)15-19)23-14-11-18(16-26-23)17-7-4-5-8-17;1-28(2,3)19-12-14-24-22(15-19)20-9-6-10-21(25(20)27-24)23-13-11-18(16-26-23)17-7-4-5-8-17;3*1-10-7-8-12(13-9-10)11-5-3-2-4-6-11;;;/h6-7,10-11,13-17H,4-5,8-9H2,1-3H3;2*6,9,11-17H,4-5,7-8H2,1-3H3;3*2-5,7-9H,1H3;;;/q6*-1;;;/i;;;3*1D3;;;. The maximum Gasteiger partial charge on any atom is 0.0794 e. The number of benzene rings is 9. The van der Waals surface area contributed by atoms with Crippen molar-refractivity contribution in [3.63, 3.8) is 0 Å². The molecule has 3 fully saturated rings. The second-order valence-corrected chi connectivity index (χ2v) is 53.8. The molecule has 0 spiro atoms. The zero-order valence-electron chi connectivity index (χ0n) is 81.6. The van der Waals surface area contributed by atoms with Crippen LogP contribution in [0.5, 0.6) is 0 Å². The topological polar surface area (TPSA) is 77.3 Å². The molecule has 6 nitrogen and oxygen atoms in total. The van der Waals surface area contributed by atoms with Crippen LogP contribution in [0.3, 0.4) is 0 Å². The van der Waals surface area contributed by atoms with E-state index in [2.05, 4.69) is 256 Å². The summed E-state index contributed by atoms with van der Waals surface area (Å²) in [5.41, 5.74) is 16.3. The number of hydrogen-bond donors (Lipinski definition) is 0. The third kappa shape index (κ3) is 22.9. The normalized spacial score (nSPS) is 14.9. The van der Waals surface area contributed by atoms with Gasteiger partial charge in [-0.2, -0.15) is 34.0 Å². The van der Waals surface area contributed by atoms with Crippen molar-refractivity contribution < 1.29 is 72.7 Å². The molecule has 0 bridgehead atoms. The first-order valence-corrected chi connectivity index (χ1v) is 56.0. The SMILES string of the molecule is C[Si](C)(C)c1ccc2c(c1)sc1c(-c3ccc(C4CCCC4)cn3)[c-]ccc12.C[Si](C)(C)c1ccc2sc3c(-c4ccc(C5CCCC5)cn4)[c-]ccc3c2c1.C[Si](C)(C)c1cccc2c1sc1c(-c3ccc(C4CCCC4)cn3)[c-]ccc12.[2H]C([2H])([2H])c1ccc(-c2[c-]cccc2)nc1.[2H]C([2H])([2H])c1ccc(-c2[c-]cccc2)nc1.[2H]C([2H])([2H])c1ccc(-c2[c-]cccc2)nc1.[Ir].[Ir].[Ir]. The van der Waals surface area contributed by atoms with Gasteiger partial charge in [-0.15, -0.1) is 179 Å². The van der Waals surface area contributed by atoms with Crippen LogP contribution >= 0.6 is 34.0 Å². The number of pyridine rings is 6. The quantitative estimate of drug-likeness (QED) is 0.0896. The van der Waals surface area contributed by atoms with Crippen molar-refractivity contribution in [1.29, 1.82) is 0 Å². The zero-order valence-corrected chi connectivity index (χ0v) is 85.2. The molecule has 0 atom stereocenters. The molecule has 9 aromatic heterocycles. The fraction of sp³-hybridized carbons (Fsp3) is 0.243. The molecule has 0 aliphatic heterocycles. The molecule has 9 aromatic carbocycles. The number of fused-ring (bicyclic) bond motifs is 9. The number of thiophene rings is 3. The van der Waals surface area contributed by atoms with E-state index >= 15 is 0 Å². The molecule has 9 heterocycles. The van der Waals surface area contributed by atoms with Crippen molar-refractivity contribution in [2.45, 2.75) is 174 Å². The fourth-order valence-corrected chi connectivity index (χ4v) is 25.4. The Bertz CT molecular complexity index is 6660. The second kappa shape index (κ2) is 43.0. The van der Waals surface area contributed by atoms with Gasteiger partial charge >= 0.3 is 0 Å². The second-order valence-electron chi connectivity index (χ2n) is 35.4. The first-order chi connectivity index (χ1) is 63.2. The van der Waals surface area contributed by atoms with Gasteiger partial charge in [-0.05, 0) is 192 Å². The van der Waals surface area contributed by atoms with E-state index < -0.39 is 44.8 Å². The average molecular weight is 2290 g/mol. The van der Waals surface area contributed by atoms with E-state index in [0.717, 1.165) is 67.5 Å². The van der Waals surface area contributed by atoms with Crippen molar-refractivity contribution in [2.24, 2.45) is 0 Å². The van der Waals surface area contributed by atoms with Crippen molar-refractivity contribution >= 4 is 134 Å². The summed E-state index contributed by atoms with van der Waals surface area (Å²) in [5, 5.41) is 12.8. The Morgan fingerprint density at radius 1 is 0.286 bits per heavy atom. The van der Waals surface area contributed by atoms with Gasteiger partial charge < -0.3 is 29.9 Å². The molecule has 3 radical (unpaired) electrons. The molecule has 0 unspecified atom stereocenters. The molecule has 3 saturated carbocycles. The summed E-state index contributed by atoms with van der Waals surface area (Å²) in [4.78, 5) is 26.9. The monoisotopic (exact) mass is 2290 g/mol. The van der Waals surface area contributed by atoms with E-state index in [9.17, 15) is 0 Å². The predicted octanol–water partition coefficient (Wildman–Crippen LogP) is 29.9. The molecule has 0 saturated heterocycles. The van der Waals surface area contributed by atoms with Gasteiger partial charge in [0, 0.05) is 124 Å². The molecular formula is C111H108Ir3N6S3Si3-6. The third-order valence-electron chi connectivity index (χ3n) is 23.7. The first kappa shape index (κ1) is 82.8. The van der Waals surface area contributed by atoms with Crippen LogP contribution in [0, 0.1) is 57.0 Å². The Labute approximate surface area is 814 Å². The molecule has 126 heavy (non-hydrogen) atoms. The van der Waals surface area contributed by atoms with Crippen LogP contribution in [0.25, 0.3) is 128 Å². The fourth-order valence-electron chi connectivity index (χ4n) is 16.8. The molecule has 3 aliphatic carbocycles. The van der Waals surface area contributed by atoms with Crippen LogP contribution in [0.15, 0.2) is 274 Å². The summed E-state index contributed by atoms with van der Waals surface area (Å²) >= 11 is 5.70. The minimum absolute atomic E-state index is 0. The van der Waals surface area contributed by atoms with Crippen molar-refractivity contribution in [3.05, 3.63) is 344 Å². The number of aromatic nitrogens is 6. The molecule has 15 heteroatoms. The molecule has 21 rings (SSSR count). The largest absolute Gasteiger partial charge is 0.304 e. The first-order valence-electron chi connectivity index (χ1n) is 47.6. The van der Waals surface area contributed by atoms with Gasteiger partial charge in [0.2, 0.25) is 0 Å². The minimum atomic E-state index is -2.09. The van der Waals surface area contributed by atoms with Gasteiger partial charge in [-0.1, -0.05) is 239 Å². The van der Waals surface area contributed by atoms with E-state index in [1.165, 1.54) is 183 Å². The molecule has 0 N–H and O–H groups in total. The molecule has 0 amide bonds. The maximum atomic E-state index is 7.23. The van der Waals surface area contributed by atoms with Crippen LogP contribution in [-0.4, -0.2) is 54.1 Å². The Balaban J connectivity index is 0.000000139. The summed E-state index contributed by atoms with van der Waals surface area (Å²) in [6.07, 6.45) is 26.6. The van der Waals surface area contributed by atoms with Gasteiger partial charge in [0.05, 0.1) is 24.2 Å². The Hall–Kier alpha value is -8.86. The summed E-state index contributed by atoms with van der Waals surface area (Å²) in [6, 6.07) is 99.1. The predicted molar refractivity (Wildman–Crippen MR) is 536 cm³/mol. The summed E-state index contributed by atoms with van der Waals surface area (Å²) in [6.45, 7) is 15.5. The van der Waals surface area contributed by atoms with Gasteiger partial charge in [0.1, 0.15) is 0 Å². The van der Waals surface area contributed by atoms with Gasteiger partial charge in [-0.25, -0.2) is 0 Å². The van der Waals surface area contributed by atoms with Crippen LogP contribution in [0.1, 0.15) is 141 Å². The third-order valence-corrected chi connectivity index (χ3v) is 33.7. The Morgan fingerprint density at radius 2 is 0.643 bits per heavy atom. The van der Waals surface area contributed by atoms with Crippen molar-refractivity contribution in [1.82, 2.24) is 29.9 Å². The van der Waals surface area contributed by atoms with E-state index in [1.54, 1.807) is 59.8 Å². The van der Waals surface area contributed by atoms with Gasteiger partial charge in [0.25, 0.3) is 0 Å². The summed E-state index contributed by atoms with van der Waals surface area (Å²) in [7, 11) is -4.03. The number of rotatable bonds is 12. The smallest absolute Gasteiger partial charge is 0.0794 e. The van der Waals surface area contributed by atoms with Crippen molar-refractivity contribution in [2.75, 3.05) is 0 Å². The van der Waals surface area contributed by atoms with Crippen LogP contribution in [0.2, 0.25) is 58.9 Å².